The van der Waals surface area contributed by atoms with Crippen LogP contribution >= 0.6 is 0 Å². The van der Waals surface area contributed by atoms with Gasteiger partial charge in [-0.1, -0.05) is 0 Å². The molecular formula is C23H22F3N7O3. The summed E-state index contributed by atoms with van der Waals surface area (Å²) in [7, 11) is 0. The van der Waals surface area contributed by atoms with Crippen LogP contribution in [0.25, 0.3) is 0 Å². The summed E-state index contributed by atoms with van der Waals surface area (Å²) in [5.41, 5.74) is -1.15. The highest BCUT2D eigenvalue weighted by atomic mass is 19.3. The molecule has 2 heterocycles. The lowest BCUT2D eigenvalue weighted by atomic mass is 9.61. The Bertz CT molecular complexity index is 1250. The van der Waals surface area contributed by atoms with E-state index in [-0.39, 0.29) is 48.0 Å². The number of nitriles is 1. The van der Waals surface area contributed by atoms with Gasteiger partial charge in [-0.15, -0.1) is 0 Å². The van der Waals surface area contributed by atoms with Crippen molar-refractivity contribution >= 4 is 23.4 Å². The summed E-state index contributed by atoms with van der Waals surface area (Å²) in [4.78, 5) is 39.6. The molecule has 0 bridgehead atoms. The van der Waals surface area contributed by atoms with Crippen molar-refractivity contribution in [3.05, 3.63) is 41.5 Å². The minimum Gasteiger partial charge on any atom is -0.336 e. The van der Waals surface area contributed by atoms with E-state index in [1.54, 1.807) is 6.07 Å². The molecule has 188 valence electrons. The van der Waals surface area contributed by atoms with E-state index in [1.807, 2.05) is 0 Å². The monoisotopic (exact) mass is 501 g/mol. The summed E-state index contributed by atoms with van der Waals surface area (Å²) in [6, 6.07) is 5.50. The number of nitrogens with one attached hydrogen (secondary N) is 3. The molecule has 0 radical (unpaired) electrons. The van der Waals surface area contributed by atoms with E-state index >= 15 is 0 Å². The molecule has 2 saturated carbocycles. The molecule has 0 spiro atoms. The Morgan fingerprint density at radius 1 is 1.25 bits per heavy atom. The van der Waals surface area contributed by atoms with Gasteiger partial charge in [-0.2, -0.15) is 20.7 Å². The normalized spacial score (nSPS) is 25.4. The molecule has 13 heteroatoms. The van der Waals surface area contributed by atoms with Crippen molar-refractivity contribution < 1.29 is 27.6 Å². The number of aromatic amines is 1. The zero-order valence-corrected chi connectivity index (χ0v) is 18.9. The predicted molar refractivity (Wildman–Crippen MR) is 116 cm³/mol. The number of carbonyl (C=O) groups is 3. The number of hydrogen-bond acceptors (Lipinski definition) is 6. The molecule has 1 saturated heterocycles. The van der Waals surface area contributed by atoms with E-state index in [9.17, 15) is 27.6 Å². The first kappa shape index (κ1) is 23.8. The molecule has 5 rings (SSSR count). The van der Waals surface area contributed by atoms with Gasteiger partial charge in [0.05, 0.1) is 17.3 Å². The third kappa shape index (κ3) is 4.16. The van der Waals surface area contributed by atoms with Gasteiger partial charge in [-0.3, -0.25) is 14.4 Å². The number of benzene rings is 1. The maximum Gasteiger partial charge on any atom is 0.311 e. The SMILES string of the molecule is N#Cc1cc(NC(=O)[C@@H]2CC3CN(C(=O)C(=O)NC4(c5cn[nH]n5)CC(F)(F)C4)CCC32)ccc1F. The number of rotatable bonds is 4. The topological polar surface area (TPSA) is 144 Å². The fourth-order valence-corrected chi connectivity index (χ4v) is 5.56. The van der Waals surface area contributed by atoms with Crippen LogP contribution in [0.1, 0.15) is 36.9 Å². The molecule has 3 atom stereocenters. The lowest BCUT2D eigenvalue weighted by molar-refractivity contribution is -0.162. The Morgan fingerprint density at radius 3 is 2.67 bits per heavy atom. The van der Waals surface area contributed by atoms with Crippen LogP contribution in [-0.2, 0) is 19.9 Å². The lowest BCUT2D eigenvalue weighted by Gasteiger charge is -2.50. The second-order valence-corrected chi connectivity index (χ2v) is 9.70. The number of piperidine rings is 1. The van der Waals surface area contributed by atoms with Crippen molar-refractivity contribution in [3.63, 3.8) is 0 Å². The van der Waals surface area contributed by atoms with Gasteiger partial charge >= 0.3 is 11.8 Å². The summed E-state index contributed by atoms with van der Waals surface area (Å²) >= 11 is 0. The van der Waals surface area contributed by atoms with Crippen LogP contribution in [0.3, 0.4) is 0 Å². The Morgan fingerprint density at radius 2 is 2.03 bits per heavy atom. The highest BCUT2D eigenvalue weighted by molar-refractivity contribution is 6.35. The number of carbonyl (C=O) groups excluding carboxylic acids is 3. The van der Waals surface area contributed by atoms with Gasteiger partial charge in [0.15, 0.2) is 0 Å². The molecule has 1 aliphatic heterocycles. The van der Waals surface area contributed by atoms with Crippen molar-refractivity contribution in [2.75, 3.05) is 18.4 Å². The number of likely N-dealkylation sites (tertiary alicyclic amines) is 1. The van der Waals surface area contributed by atoms with Gasteiger partial charge < -0.3 is 15.5 Å². The zero-order valence-electron chi connectivity index (χ0n) is 18.9. The summed E-state index contributed by atoms with van der Waals surface area (Å²) in [5.74, 6) is -5.95. The fourth-order valence-electron chi connectivity index (χ4n) is 5.56. The van der Waals surface area contributed by atoms with Crippen LogP contribution in [0.15, 0.2) is 24.4 Å². The minimum absolute atomic E-state index is 0.0137. The lowest BCUT2D eigenvalue weighted by Crippen LogP contribution is -2.63. The highest BCUT2D eigenvalue weighted by Crippen LogP contribution is 2.51. The number of hydrogen-bond donors (Lipinski definition) is 3. The molecule has 3 aliphatic rings. The minimum atomic E-state index is -2.97. The Labute approximate surface area is 203 Å². The molecular weight excluding hydrogens is 479 g/mol. The van der Waals surface area contributed by atoms with Crippen LogP contribution in [0.5, 0.6) is 0 Å². The van der Waals surface area contributed by atoms with Crippen LogP contribution in [0.4, 0.5) is 18.9 Å². The largest absolute Gasteiger partial charge is 0.336 e. The maximum absolute atomic E-state index is 13.7. The number of halogens is 3. The predicted octanol–water partition coefficient (Wildman–Crippen LogP) is 1.68. The average Bonchev–Trinajstić information content (AvgIpc) is 3.34. The summed E-state index contributed by atoms with van der Waals surface area (Å²) < 4.78 is 40.8. The van der Waals surface area contributed by atoms with E-state index in [2.05, 4.69) is 26.0 Å². The van der Waals surface area contributed by atoms with E-state index in [1.165, 1.54) is 23.2 Å². The fraction of sp³-hybridized carbons (Fsp3) is 0.478. The van der Waals surface area contributed by atoms with Gasteiger partial charge in [0.2, 0.25) is 5.91 Å². The Hall–Kier alpha value is -3.95. The van der Waals surface area contributed by atoms with Crippen LogP contribution in [0, 0.1) is 34.9 Å². The molecule has 2 aliphatic carbocycles. The molecule has 10 nitrogen and oxygen atoms in total. The number of nitrogens with zero attached hydrogens (tertiary/aromatic N) is 4. The van der Waals surface area contributed by atoms with Crippen molar-refractivity contribution in [2.45, 2.75) is 37.1 Å². The zero-order chi connectivity index (χ0) is 25.7. The molecule has 1 aromatic carbocycles. The van der Waals surface area contributed by atoms with E-state index in [4.69, 9.17) is 5.26 Å². The molecule has 2 aromatic rings. The number of H-pyrrole nitrogens is 1. The standard InChI is InChI=1S/C23H22F3N7O3/c24-17-2-1-14(5-12(17)7-27)29-19(34)16-6-13-9-33(4-3-15(13)16)21(36)20(35)30-22(10-23(25,26)11-22)18-8-28-32-31-18/h1-2,5,8,13,15-16H,3-4,6,9-11H2,(H,29,34)(H,30,35)(H,28,31,32)/t13?,15?,16-/m1/s1. The number of amides is 3. The number of alkyl halides is 2. The maximum atomic E-state index is 13.7. The quantitative estimate of drug-likeness (QED) is 0.544. The second-order valence-electron chi connectivity index (χ2n) is 9.70. The summed E-state index contributed by atoms with van der Waals surface area (Å²) in [6.45, 7) is 0.530. The Balaban J connectivity index is 1.16. The van der Waals surface area contributed by atoms with E-state index in [0.717, 1.165) is 6.07 Å². The third-order valence-corrected chi connectivity index (χ3v) is 7.42. The van der Waals surface area contributed by atoms with Crippen molar-refractivity contribution in [1.29, 1.82) is 5.26 Å². The summed E-state index contributed by atoms with van der Waals surface area (Å²) in [5, 5.41) is 23.9. The van der Waals surface area contributed by atoms with Gasteiger partial charge in [0, 0.05) is 37.5 Å². The highest BCUT2D eigenvalue weighted by Gasteiger charge is 2.60. The number of anilines is 1. The van der Waals surface area contributed by atoms with Crippen molar-refractivity contribution in [1.82, 2.24) is 25.6 Å². The second kappa shape index (κ2) is 8.61. The molecule has 36 heavy (non-hydrogen) atoms. The average molecular weight is 501 g/mol. The Kier molecular flexibility index (Phi) is 5.69. The first-order chi connectivity index (χ1) is 17.1. The molecule has 1 aromatic heterocycles. The first-order valence-corrected chi connectivity index (χ1v) is 11.5. The number of fused-ring (bicyclic) bond motifs is 1. The van der Waals surface area contributed by atoms with Gasteiger partial charge in [-0.25, -0.2) is 13.2 Å². The summed E-state index contributed by atoms with van der Waals surface area (Å²) in [6.07, 6.45) is 0.913. The van der Waals surface area contributed by atoms with Gasteiger partial charge in [-0.05, 0) is 42.9 Å². The smallest absolute Gasteiger partial charge is 0.311 e. The van der Waals surface area contributed by atoms with Crippen LogP contribution in [0.2, 0.25) is 0 Å². The van der Waals surface area contributed by atoms with Crippen LogP contribution in [-0.4, -0.2) is 57.0 Å². The first-order valence-electron chi connectivity index (χ1n) is 11.5. The molecule has 3 fully saturated rings. The van der Waals surface area contributed by atoms with E-state index < -0.39 is 41.9 Å². The van der Waals surface area contributed by atoms with Crippen molar-refractivity contribution in [3.8, 4) is 6.07 Å². The molecule has 3 N–H and O–H groups in total. The third-order valence-electron chi connectivity index (χ3n) is 7.42. The molecule has 2 unspecified atom stereocenters. The van der Waals surface area contributed by atoms with Crippen LogP contribution < -0.4 is 10.6 Å². The van der Waals surface area contributed by atoms with E-state index in [0.29, 0.717) is 18.5 Å². The number of aromatic nitrogens is 3. The van der Waals surface area contributed by atoms with Gasteiger partial charge in [0.1, 0.15) is 17.6 Å². The van der Waals surface area contributed by atoms with Gasteiger partial charge in [0.25, 0.3) is 5.92 Å². The molecule has 3 amide bonds. The van der Waals surface area contributed by atoms with Crippen molar-refractivity contribution in [2.24, 2.45) is 17.8 Å².